The lowest BCUT2D eigenvalue weighted by atomic mass is 9.74. The molecule has 2 bridgehead atoms. The molecule has 2 aliphatic carbocycles. The number of fused-ring (bicyclic) bond motifs is 8. The highest BCUT2D eigenvalue weighted by molar-refractivity contribution is 6.30. The smallest absolute Gasteiger partial charge is 0.0594 e. The first-order valence-corrected chi connectivity index (χ1v) is 11.6. The first-order valence-electron chi connectivity index (χ1n) is 11.2. The van der Waals surface area contributed by atoms with Crippen molar-refractivity contribution in [1.29, 1.82) is 0 Å². The molecule has 6 rings (SSSR count). The van der Waals surface area contributed by atoms with Crippen molar-refractivity contribution in [3.63, 3.8) is 0 Å². The Labute approximate surface area is 178 Å². The Balaban J connectivity index is 1.26. The van der Waals surface area contributed by atoms with Crippen LogP contribution < -0.4 is 0 Å². The maximum absolute atomic E-state index is 6.47. The number of benzene rings is 2. The number of likely N-dealkylation sites (tertiary alicyclic amines) is 1. The molecule has 0 spiro atoms. The maximum atomic E-state index is 6.47. The summed E-state index contributed by atoms with van der Waals surface area (Å²) in [7, 11) is 0. The van der Waals surface area contributed by atoms with Crippen LogP contribution in [0.3, 0.4) is 0 Å². The van der Waals surface area contributed by atoms with Gasteiger partial charge < -0.3 is 9.64 Å². The molecule has 29 heavy (non-hydrogen) atoms. The van der Waals surface area contributed by atoms with E-state index >= 15 is 0 Å². The number of rotatable bonds is 3. The Hall–Kier alpha value is -1.39. The normalized spacial score (nSPS) is 29.8. The number of piperidine rings is 1. The zero-order chi connectivity index (χ0) is 19.4. The lowest BCUT2D eigenvalue weighted by Crippen LogP contribution is -2.51. The van der Waals surface area contributed by atoms with Gasteiger partial charge in [-0.2, -0.15) is 0 Å². The molecule has 0 amide bonds. The van der Waals surface area contributed by atoms with Gasteiger partial charge in [0.05, 0.1) is 13.2 Å². The number of ether oxygens (including phenoxy) is 1. The fourth-order valence-corrected chi connectivity index (χ4v) is 6.76. The van der Waals surface area contributed by atoms with Crippen LogP contribution in [0.25, 0.3) is 0 Å². The van der Waals surface area contributed by atoms with E-state index in [2.05, 4.69) is 52.3 Å². The van der Waals surface area contributed by atoms with E-state index in [1.165, 1.54) is 43.5 Å². The molecule has 2 aliphatic heterocycles. The Kier molecular flexibility index (Phi) is 4.50. The summed E-state index contributed by atoms with van der Waals surface area (Å²) >= 11 is 6.47. The van der Waals surface area contributed by atoms with Gasteiger partial charge in [-0.1, -0.05) is 41.9 Å². The van der Waals surface area contributed by atoms with Crippen molar-refractivity contribution in [3.05, 3.63) is 69.7 Å². The second kappa shape index (κ2) is 7.09. The third kappa shape index (κ3) is 2.90. The van der Waals surface area contributed by atoms with Crippen LogP contribution in [0.1, 0.15) is 47.4 Å². The lowest BCUT2D eigenvalue weighted by Gasteiger charge is -2.43. The summed E-state index contributed by atoms with van der Waals surface area (Å²) in [5.74, 6) is 0.546. The number of morpholine rings is 1. The van der Waals surface area contributed by atoms with Gasteiger partial charge in [0.1, 0.15) is 0 Å². The van der Waals surface area contributed by atoms with Crippen LogP contribution in [-0.2, 0) is 10.2 Å². The summed E-state index contributed by atoms with van der Waals surface area (Å²) in [6.07, 6.45) is 3.78. The summed E-state index contributed by atoms with van der Waals surface area (Å²) in [6.45, 7) is 7.55. The van der Waals surface area contributed by atoms with E-state index in [0.717, 1.165) is 43.9 Å². The van der Waals surface area contributed by atoms with E-state index in [1.807, 2.05) is 0 Å². The Morgan fingerprint density at radius 2 is 1.69 bits per heavy atom. The fraction of sp³-hybridized carbons (Fsp3) is 0.520. The molecule has 2 fully saturated rings. The maximum Gasteiger partial charge on any atom is 0.0594 e. The number of halogens is 1. The first kappa shape index (κ1) is 18.4. The molecule has 2 unspecified atom stereocenters. The fourth-order valence-electron chi connectivity index (χ4n) is 6.59. The van der Waals surface area contributed by atoms with Crippen LogP contribution in [0, 0.1) is 0 Å². The highest BCUT2D eigenvalue weighted by atomic mass is 35.5. The zero-order valence-corrected chi connectivity index (χ0v) is 17.7. The standard InChI is InChI=1S/C25H29ClN2O/c26-18-5-6-21-22-16-25(24(21)15-18,23-4-2-1-3-20(22)23)17-27-9-7-19(8-10-27)28-11-13-29-14-12-28/h1-6,15,19,22H,7-14,16-17H2. The molecule has 4 aliphatic rings. The van der Waals surface area contributed by atoms with Gasteiger partial charge in [0.15, 0.2) is 0 Å². The van der Waals surface area contributed by atoms with Crippen LogP contribution in [0.4, 0.5) is 0 Å². The minimum atomic E-state index is 0.118. The van der Waals surface area contributed by atoms with Crippen LogP contribution in [0.15, 0.2) is 42.5 Å². The molecular weight excluding hydrogens is 380 g/mol. The molecule has 2 saturated heterocycles. The molecule has 2 aromatic rings. The van der Waals surface area contributed by atoms with E-state index in [0.29, 0.717) is 5.92 Å². The molecule has 4 heteroatoms. The molecule has 0 aromatic heterocycles. The Morgan fingerprint density at radius 3 is 2.52 bits per heavy atom. The number of nitrogens with zero attached hydrogens (tertiary/aromatic N) is 2. The quantitative estimate of drug-likeness (QED) is 0.754. The molecular formula is C25H29ClN2O. The largest absolute Gasteiger partial charge is 0.379 e. The Morgan fingerprint density at radius 1 is 0.931 bits per heavy atom. The average molecular weight is 409 g/mol. The average Bonchev–Trinajstić information content (AvgIpc) is 3.26. The predicted molar refractivity (Wildman–Crippen MR) is 117 cm³/mol. The number of hydrogen-bond acceptors (Lipinski definition) is 3. The van der Waals surface area contributed by atoms with Gasteiger partial charge in [-0.15, -0.1) is 0 Å². The van der Waals surface area contributed by atoms with Gasteiger partial charge in [0.2, 0.25) is 0 Å². The Bertz CT molecular complexity index is 917. The summed E-state index contributed by atoms with van der Waals surface area (Å²) < 4.78 is 5.55. The van der Waals surface area contributed by atoms with Crippen molar-refractivity contribution in [2.24, 2.45) is 0 Å². The van der Waals surface area contributed by atoms with E-state index in [9.17, 15) is 0 Å². The van der Waals surface area contributed by atoms with Crippen LogP contribution in [-0.4, -0.2) is 61.8 Å². The van der Waals surface area contributed by atoms with Gasteiger partial charge in [-0.3, -0.25) is 4.90 Å². The third-order valence-corrected chi connectivity index (χ3v) is 8.16. The molecule has 2 atom stereocenters. The van der Waals surface area contributed by atoms with Crippen molar-refractivity contribution >= 4 is 11.6 Å². The topological polar surface area (TPSA) is 15.7 Å². The minimum Gasteiger partial charge on any atom is -0.379 e. The third-order valence-electron chi connectivity index (χ3n) is 7.92. The van der Waals surface area contributed by atoms with Crippen molar-refractivity contribution in [1.82, 2.24) is 9.80 Å². The van der Waals surface area contributed by atoms with Crippen molar-refractivity contribution in [2.45, 2.75) is 36.6 Å². The molecule has 152 valence electrons. The zero-order valence-electron chi connectivity index (χ0n) is 16.9. The summed E-state index contributed by atoms with van der Waals surface area (Å²) in [6, 6.07) is 16.5. The summed E-state index contributed by atoms with van der Waals surface area (Å²) in [5, 5.41) is 0.874. The highest BCUT2D eigenvalue weighted by Gasteiger charge is 2.53. The molecule has 0 radical (unpaired) electrons. The van der Waals surface area contributed by atoms with E-state index < -0.39 is 0 Å². The van der Waals surface area contributed by atoms with Gasteiger partial charge in [-0.25, -0.2) is 0 Å². The van der Waals surface area contributed by atoms with Gasteiger partial charge in [-0.05, 0) is 66.7 Å². The van der Waals surface area contributed by atoms with E-state index in [1.54, 1.807) is 11.1 Å². The van der Waals surface area contributed by atoms with Crippen LogP contribution in [0.2, 0.25) is 5.02 Å². The van der Waals surface area contributed by atoms with Gasteiger partial charge in [0, 0.05) is 42.0 Å². The second-order valence-electron chi connectivity index (χ2n) is 9.31. The van der Waals surface area contributed by atoms with Crippen LogP contribution >= 0.6 is 11.6 Å². The van der Waals surface area contributed by atoms with E-state index in [4.69, 9.17) is 16.3 Å². The molecule has 0 saturated carbocycles. The molecule has 2 heterocycles. The number of hydrogen-bond donors (Lipinski definition) is 0. The van der Waals surface area contributed by atoms with E-state index in [-0.39, 0.29) is 5.41 Å². The first-order chi connectivity index (χ1) is 14.2. The lowest BCUT2D eigenvalue weighted by molar-refractivity contribution is -0.000351. The van der Waals surface area contributed by atoms with Crippen LogP contribution in [0.5, 0.6) is 0 Å². The highest BCUT2D eigenvalue weighted by Crippen LogP contribution is 2.60. The molecule has 2 aromatic carbocycles. The van der Waals surface area contributed by atoms with Crippen molar-refractivity contribution in [3.8, 4) is 0 Å². The monoisotopic (exact) mass is 408 g/mol. The second-order valence-corrected chi connectivity index (χ2v) is 9.75. The van der Waals surface area contributed by atoms with Crippen molar-refractivity contribution in [2.75, 3.05) is 45.9 Å². The summed E-state index contributed by atoms with van der Waals surface area (Å²) in [5.41, 5.74) is 6.22. The SMILES string of the molecule is Clc1ccc2c(c1)C1(CN3CCC(N4CCOCC4)CC3)CC2c2ccccc21. The summed E-state index contributed by atoms with van der Waals surface area (Å²) in [4.78, 5) is 5.39. The predicted octanol–water partition coefficient (Wildman–Crippen LogP) is 4.27. The van der Waals surface area contributed by atoms with Crippen molar-refractivity contribution < 1.29 is 4.74 Å². The molecule has 0 N–H and O–H groups in total. The molecule has 3 nitrogen and oxygen atoms in total. The van der Waals surface area contributed by atoms with Gasteiger partial charge >= 0.3 is 0 Å². The van der Waals surface area contributed by atoms with Gasteiger partial charge in [0.25, 0.3) is 0 Å². The minimum absolute atomic E-state index is 0.118.